The summed E-state index contributed by atoms with van der Waals surface area (Å²) in [5, 5.41) is 0.956. The standard InChI is InChI=1S/C15H16O3/c1-7-5-12-13(9(3)10(4)15(16)18-12)14-11(7)6-8(2)17-14/h5,8H,6H2,1-4H3/t8-/m0/s1. The molecule has 0 saturated heterocycles. The van der Waals surface area contributed by atoms with Crippen LogP contribution in [-0.2, 0) is 6.42 Å². The lowest BCUT2D eigenvalue weighted by atomic mass is 9.98. The Morgan fingerprint density at radius 1 is 1.22 bits per heavy atom. The molecule has 2 aromatic rings. The fourth-order valence-corrected chi connectivity index (χ4v) is 2.66. The number of hydrogen-bond donors (Lipinski definition) is 0. The van der Waals surface area contributed by atoms with Crippen molar-refractivity contribution in [3.8, 4) is 5.75 Å². The third-order valence-corrected chi connectivity index (χ3v) is 3.83. The van der Waals surface area contributed by atoms with Crippen LogP contribution in [-0.4, -0.2) is 6.10 Å². The Kier molecular flexibility index (Phi) is 2.27. The van der Waals surface area contributed by atoms with Gasteiger partial charge in [0.05, 0.1) is 5.39 Å². The van der Waals surface area contributed by atoms with Gasteiger partial charge in [-0.1, -0.05) is 0 Å². The van der Waals surface area contributed by atoms with Gasteiger partial charge >= 0.3 is 5.63 Å². The largest absolute Gasteiger partial charge is 0.489 e. The van der Waals surface area contributed by atoms with E-state index in [1.165, 1.54) is 5.56 Å². The number of fused-ring (bicyclic) bond motifs is 3. The monoisotopic (exact) mass is 244 g/mol. The van der Waals surface area contributed by atoms with Crippen LogP contribution in [0.25, 0.3) is 11.0 Å². The number of ether oxygens (including phenoxy) is 1. The van der Waals surface area contributed by atoms with Crippen molar-refractivity contribution in [2.45, 2.75) is 40.2 Å². The first-order valence-corrected chi connectivity index (χ1v) is 6.22. The zero-order chi connectivity index (χ0) is 13.0. The fourth-order valence-electron chi connectivity index (χ4n) is 2.66. The molecule has 0 spiro atoms. The van der Waals surface area contributed by atoms with E-state index in [0.29, 0.717) is 11.1 Å². The maximum absolute atomic E-state index is 11.7. The summed E-state index contributed by atoms with van der Waals surface area (Å²) in [6, 6.07) is 1.95. The molecule has 3 heteroatoms. The molecule has 2 heterocycles. The molecule has 0 aliphatic carbocycles. The first-order valence-electron chi connectivity index (χ1n) is 6.22. The van der Waals surface area contributed by atoms with E-state index < -0.39 is 0 Å². The summed E-state index contributed by atoms with van der Waals surface area (Å²) in [7, 11) is 0. The third-order valence-electron chi connectivity index (χ3n) is 3.83. The van der Waals surface area contributed by atoms with Crippen molar-refractivity contribution in [3.63, 3.8) is 0 Å². The zero-order valence-electron chi connectivity index (χ0n) is 11.1. The van der Waals surface area contributed by atoms with Crippen molar-refractivity contribution in [1.82, 2.24) is 0 Å². The molecule has 0 unspecified atom stereocenters. The van der Waals surface area contributed by atoms with Crippen LogP contribution in [0.2, 0.25) is 0 Å². The Bertz CT molecular complexity index is 710. The predicted octanol–water partition coefficient (Wildman–Crippen LogP) is 3.04. The molecule has 0 bridgehead atoms. The van der Waals surface area contributed by atoms with E-state index in [-0.39, 0.29) is 11.7 Å². The van der Waals surface area contributed by atoms with Crippen LogP contribution < -0.4 is 10.4 Å². The van der Waals surface area contributed by atoms with Crippen molar-refractivity contribution >= 4 is 11.0 Å². The Morgan fingerprint density at radius 3 is 2.67 bits per heavy atom. The average molecular weight is 244 g/mol. The molecule has 1 aromatic heterocycles. The molecule has 0 fully saturated rings. The minimum Gasteiger partial charge on any atom is -0.489 e. The van der Waals surface area contributed by atoms with E-state index in [1.807, 2.05) is 19.9 Å². The molecule has 0 saturated carbocycles. The molecule has 3 nitrogen and oxygen atoms in total. The molecule has 18 heavy (non-hydrogen) atoms. The normalized spacial score (nSPS) is 17.9. The Hall–Kier alpha value is -1.77. The van der Waals surface area contributed by atoms with Crippen LogP contribution in [0.3, 0.4) is 0 Å². The number of hydrogen-bond acceptors (Lipinski definition) is 3. The second kappa shape index (κ2) is 3.61. The van der Waals surface area contributed by atoms with E-state index in [2.05, 4.69) is 6.92 Å². The van der Waals surface area contributed by atoms with Crippen molar-refractivity contribution in [2.75, 3.05) is 0 Å². The van der Waals surface area contributed by atoms with E-state index >= 15 is 0 Å². The number of benzene rings is 1. The topological polar surface area (TPSA) is 39.4 Å². The van der Waals surface area contributed by atoms with Crippen LogP contribution in [0, 0.1) is 20.8 Å². The van der Waals surface area contributed by atoms with E-state index in [4.69, 9.17) is 9.15 Å². The van der Waals surface area contributed by atoms with Crippen LogP contribution in [0.1, 0.15) is 29.2 Å². The van der Waals surface area contributed by atoms with E-state index in [0.717, 1.165) is 28.7 Å². The Balaban J connectivity index is 2.49. The number of rotatable bonds is 0. The molecule has 0 amide bonds. The summed E-state index contributed by atoms with van der Waals surface area (Å²) in [6.07, 6.45) is 1.12. The Morgan fingerprint density at radius 2 is 1.94 bits per heavy atom. The Labute approximate surface area is 105 Å². The summed E-state index contributed by atoms with van der Waals surface area (Å²) in [5.74, 6) is 0.904. The third kappa shape index (κ3) is 1.40. The van der Waals surface area contributed by atoms with Gasteiger partial charge in [0, 0.05) is 17.5 Å². The van der Waals surface area contributed by atoms with E-state index in [1.54, 1.807) is 6.92 Å². The van der Waals surface area contributed by atoms with Crippen molar-refractivity contribution in [2.24, 2.45) is 0 Å². The van der Waals surface area contributed by atoms with Gasteiger partial charge in [0.15, 0.2) is 0 Å². The highest BCUT2D eigenvalue weighted by molar-refractivity contribution is 5.90. The van der Waals surface area contributed by atoms with Gasteiger partial charge in [-0.2, -0.15) is 0 Å². The van der Waals surface area contributed by atoms with Crippen LogP contribution in [0.15, 0.2) is 15.3 Å². The van der Waals surface area contributed by atoms with Crippen molar-refractivity contribution < 1.29 is 9.15 Å². The van der Waals surface area contributed by atoms with Gasteiger partial charge in [0.2, 0.25) is 0 Å². The molecular formula is C15H16O3. The minimum atomic E-state index is -0.259. The molecular weight excluding hydrogens is 228 g/mol. The molecule has 1 atom stereocenters. The maximum Gasteiger partial charge on any atom is 0.339 e. The van der Waals surface area contributed by atoms with Gasteiger partial charge in [-0.3, -0.25) is 0 Å². The van der Waals surface area contributed by atoms with Gasteiger partial charge in [-0.25, -0.2) is 4.79 Å². The van der Waals surface area contributed by atoms with Gasteiger partial charge in [-0.05, 0) is 44.9 Å². The summed E-state index contributed by atoms with van der Waals surface area (Å²) in [4.78, 5) is 11.7. The first-order chi connectivity index (χ1) is 8.49. The predicted molar refractivity (Wildman–Crippen MR) is 70.5 cm³/mol. The number of aryl methyl sites for hydroxylation is 2. The summed E-state index contributed by atoms with van der Waals surface area (Å²) < 4.78 is 11.3. The highest BCUT2D eigenvalue weighted by Crippen LogP contribution is 2.40. The lowest BCUT2D eigenvalue weighted by Crippen LogP contribution is -2.07. The summed E-state index contributed by atoms with van der Waals surface area (Å²) >= 11 is 0. The van der Waals surface area contributed by atoms with Gasteiger partial charge < -0.3 is 9.15 Å². The smallest absolute Gasteiger partial charge is 0.339 e. The maximum atomic E-state index is 11.7. The molecule has 3 rings (SSSR count). The van der Waals surface area contributed by atoms with Gasteiger partial charge in [0.25, 0.3) is 0 Å². The van der Waals surface area contributed by atoms with Crippen LogP contribution >= 0.6 is 0 Å². The van der Waals surface area contributed by atoms with Crippen molar-refractivity contribution in [1.29, 1.82) is 0 Å². The summed E-state index contributed by atoms with van der Waals surface area (Å²) in [5.41, 5.74) is 4.38. The lowest BCUT2D eigenvalue weighted by molar-refractivity contribution is 0.257. The molecule has 1 aliphatic rings. The van der Waals surface area contributed by atoms with Crippen LogP contribution in [0.4, 0.5) is 0 Å². The molecule has 94 valence electrons. The highest BCUT2D eigenvalue weighted by Gasteiger charge is 2.26. The second-order valence-corrected chi connectivity index (χ2v) is 5.15. The summed E-state index contributed by atoms with van der Waals surface area (Å²) in [6.45, 7) is 7.85. The second-order valence-electron chi connectivity index (χ2n) is 5.15. The van der Waals surface area contributed by atoms with Crippen LogP contribution in [0.5, 0.6) is 5.75 Å². The van der Waals surface area contributed by atoms with Gasteiger partial charge in [0.1, 0.15) is 17.4 Å². The molecule has 0 N–H and O–H groups in total. The quantitative estimate of drug-likeness (QED) is 0.669. The zero-order valence-corrected chi connectivity index (χ0v) is 11.1. The SMILES string of the molecule is Cc1cc2oc(=O)c(C)c(C)c2c2c1C[C@H](C)O2. The first kappa shape index (κ1) is 11.3. The van der Waals surface area contributed by atoms with Crippen molar-refractivity contribution in [3.05, 3.63) is 38.7 Å². The van der Waals surface area contributed by atoms with Gasteiger partial charge in [-0.15, -0.1) is 0 Å². The average Bonchev–Trinajstić information content (AvgIpc) is 2.68. The molecule has 1 aliphatic heterocycles. The fraction of sp³-hybridized carbons (Fsp3) is 0.400. The van der Waals surface area contributed by atoms with E-state index in [9.17, 15) is 4.79 Å². The lowest BCUT2D eigenvalue weighted by Gasteiger charge is -2.11. The minimum absolute atomic E-state index is 0.191. The molecule has 0 radical (unpaired) electrons. The highest BCUT2D eigenvalue weighted by atomic mass is 16.5. The molecule has 1 aromatic carbocycles.